The number of hydrogen-bond donors (Lipinski definition) is 1. The maximum absolute atomic E-state index is 12.7. The highest BCUT2D eigenvalue weighted by Gasteiger charge is 2.00. The molecule has 2 aromatic rings. The smallest absolute Gasteiger partial charge is 0.123 e. The summed E-state index contributed by atoms with van der Waals surface area (Å²) in [5.74, 6) is 6.15. The molecule has 1 heterocycles. The van der Waals surface area contributed by atoms with Crippen LogP contribution in [0.5, 0.6) is 5.75 Å². The third kappa shape index (κ3) is 3.59. The van der Waals surface area contributed by atoms with Crippen LogP contribution in [0.25, 0.3) is 0 Å². The number of benzene rings is 1. The molecule has 0 unspecified atom stereocenters. The molecule has 0 bridgehead atoms. The molecule has 0 aliphatic rings. The van der Waals surface area contributed by atoms with E-state index in [2.05, 4.69) is 11.8 Å². The molecule has 4 heteroatoms. The zero-order valence-corrected chi connectivity index (χ0v) is 10.5. The van der Waals surface area contributed by atoms with Crippen LogP contribution in [0.15, 0.2) is 35.7 Å². The molecule has 1 aromatic heterocycles. The van der Waals surface area contributed by atoms with Crippen molar-refractivity contribution in [1.82, 2.24) is 0 Å². The van der Waals surface area contributed by atoms with Gasteiger partial charge in [-0.2, -0.15) is 0 Å². The molecule has 0 aliphatic heterocycles. The third-order valence-electron chi connectivity index (χ3n) is 2.18. The van der Waals surface area contributed by atoms with Gasteiger partial charge in [-0.15, -0.1) is 11.3 Å². The van der Waals surface area contributed by atoms with E-state index in [1.165, 1.54) is 12.1 Å². The number of halogens is 1. The molecule has 92 valence electrons. The van der Waals surface area contributed by atoms with Crippen LogP contribution in [0, 0.1) is 17.7 Å². The van der Waals surface area contributed by atoms with E-state index in [4.69, 9.17) is 10.5 Å². The maximum atomic E-state index is 12.7. The van der Waals surface area contributed by atoms with Crippen LogP contribution in [-0.4, -0.2) is 6.54 Å². The first-order valence-corrected chi connectivity index (χ1v) is 6.30. The molecule has 1 aromatic carbocycles. The molecular formula is C14H12FNOS. The highest BCUT2D eigenvalue weighted by atomic mass is 32.1. The number of rotatable bonds is 3. The summed E-state index contributed by atoms with van der Waals surface area (Å²) in [4.78, 5) is 1.07. The van der Waals surface area contributed by atoms with E-state index in [0.29, 0.717) is 18.9 Å². The van der Waals surface area contributed by atoms with Gasteiger partial charge in [0.2, 0.25) is 0 Å². The zero-order chi connectivity index (χ0) is 12.8. The Bertz CT molecular complexity index is 565. The second kappa shape index (κ2) is 6.20. The van der Waals surface area contributed by atoms with Gasteiger partial charge >= 0.3 is 0 Å². The maximum Gasteiger partial charge on any atom is 0.123 e. The number of thiophene rings is 1. The zero-order valence-electron chi connectivity index (χ0n) is 9.65. The molecule has 0 saturated carbocycles. The summed E-state index contributed by atoms with van der Waals surface area (Å²) in [5, 5.41) is 1.96. The van der Waals surface area contributed by atoms with Gasteiger partial charge in [-0.1, -0.05) is 11.8 Å². The van der Waals surface area contributed by atoms with Crippen LogP contribution in [0.3, 0.4) is 0 Å². The Morgan fingerprint density at radius 3 is 2.78 bits per heavy atom. The molecule has 0 saturated heterocycles. The Hall–Kier alpha value is -1.83. The molecule has 0 atom stereocenters. The molecule has 2 N–H and O–H groups in total. The number of hydrogen-bond acceptors (Lipinski definition) is 3. The van der Waals surface area contributed by atoms with Gasteiger partial charge in [0, 0.05) is 15.8 Å². The van der Waals surface area contributed by atoms with Crippen molar-refractivity contribution >= 4 is 11.3 Å². The van der Waals surface area contributed by atoms with Crippen molar-refractivity contribution in [2.45, 2.75) is 6.61 Å². The fourth-order valence-electron chi connectivity index (χ4n) is 1.36. The monoisotopic (exact) mass is 261 g/mol. The van der Waals surface area contributed by atoms with Gasteiger partial charge in [0.15, 0.2) is 0 Å². The molecule has 0 fully saturated rings. The summed E-state index contributed by atoms with van der Waals surface area (Å²) in [6, 6.07) is 7.94. The lowest BCUT2D eigenvalue weighted by Gasteiger charge is -2.03. The van der Waals surface area contributed by atoms with E-state index < -0.39 is 0 Å². The van der Waals surface area contributed by atoms with Gasteiger partial charge in [-0.25, -0.2) is 4.39 Å². The predicted molar refractivity (Wildman–Crippen MR) is 71.0 cm³/mol. The molecular weight excluding hydrogens is 249 g/mol. The Morgan fingerprint density at radius 1 is 1.28 bits per heavy atom. The fourth-order valence-corrected chi connectivity index (χ4v) is 2.09. The van der Waals surface area contributed by atoms with Gasteiger partial charge in [-0.3, -0.25) is 0 Å². The second-order valence-electron chi connectivity index (χ2n) is 3.55. The Kier molecular flexibility index (Phi) is 4.35. The minimum atomic E-state index is -0.266. The topological polar surface area (TPSA) is 35.2 Å². The second-order valence-corrected chi connectivity index (χ2v) is 4.55. The molecule has 0 radical (unpaired) electrons. The molecule has 0 aliphatic carbocycles. The van der Waals surface area contributed by atoms with Crippen LogP contribution in [-0.2, 0) is 6.61 Å². The third-order valence-corrected chi connectivity index (χ3v) is 3.09. The minimum absolute atomic E-state index is 0.266. The Balaban J connectivity index is 1.94. The summed E-state index contributed by atoms with van der Waals surface area (Å²) in [6.07, 6.45) is 0. The first kappa shape index (κ1) is 12.6. The normalized spacial score (nSPS) is 9.67. The van der Waals surface area contributed by atoms with Crippen molar-refractivity contribution in [1.29, 1.82) is 0 Å². The Morgan fingerprint density at radius 2 is 2.06 bits per heavy atom. The quantitative estimate of drug-likeness (QED) is 0.862. The standard InChI is InChI=1S/C14H12FNOS/c15-12-3-5-13(6-4-12)17-9-14-8-11(10-18-14)2-1-7-16/h3-6,8,10H,7,9,16H2. The number of ether oxygens (including phenoxy) is 1. The first-order valence-electron chi connectivity index (χ1n) is 5.42. The van der Waals surface area contributed by atoms with Crippen LogP contribution in [0.4, 0.5) is 4.39 Å². The van der Waals surface area contributed by atoms with Crippen molar-refractivity contribution in [3.63, 3.8) is 0 Å². The van der Waals surface area contributed by atoms with E-state index in [1.807, 2.05) is 11.4 Å². The summed E-state index contributed by atoms with van der Waals surface area (Å²) in [7, 11) is 0. The first-order chi connectivity index (χ1) is 8.78. The van der Waals surface area contributed by atoms with Crippen LogP contribution in [0.1, 0.15) is 10.4 Å². The molecule has 18 heavy (non-hydrogen) atoms. The van der Waals surface area contributed by atoms with Crippen molar-refractivity contribution < 1.29 is 9.13 Å². The van der Waals surface area contributed by atoms with E-state index in [9.17, 15) is 4.39 Å². The lowest BCUT2D eigenvalue weighted by atomic mass is 10.3. The lowest BCUT2D eigenvalue weighted by molar-refractivity contribution is 0.309. The highest BCUT2D eigenvalue weighted by molar-refractivity contribution is 7.10. The van der Waals surface area contributed by atoms with Crippen LogP contribution in [0.2, 0.25) is 0 Å². The van der Waals surface area contributed by atoms with Crippen molar-refractivity contribution in [2.75, 3.05) is 6.54 Å². The van der Waals surface area contributed by atoms with E-state index in [-0.39, 0.29) is 5.82 Å². The molecule has 2 nitrogen and oxygen atoms in total. The highest BCUT2D eigenvalue weighted by Crippen LogP contribution is 2.18. The van der Waals surface area contributed by atoms with Gasteiger partial charge in [0.05, 0.1) is 6.54 Å². The van der Waals surface area contributed by atoms with Crippen molar-refractivity contribution in [3.8, 4) is 17.6 Å². The predicted octanol–water partition coefficient (Wildman–Crippen LogP) is 2.78. The van der Waals surface area contributed by atoms with Crippen molar-refractivity contribution in [2.24, 2.45) is 5.73 Å². The van der Waals surface area contributed by atoms with Gasteiger partial charge in [-0.05, 0) is 30.3 Å². The molecule has 2 rings (SSSR count). The van der Waals surface area contributed by atoms with Gasteiger partial charge in [0.25, 0.3) is 0 Å². The summed E-state index contributed by atoms with van der Waals surface area (Å²) in [5.41, 5.74) is 6.25. The molecule has 0 amide bonds. The Labute approximate surface area is 109 Å². The van der Waals surface area contributed by atoms with Crippen molar-refractivity contribution in [3.05, 3.63) is 52.0 Å². The van der Waals surface area contributed by atoms with Gasteiger partial charge < -0.3 is 10.5 Å². The van der Waals surface area contributed by atoms with Gasteiger partial charge in [0.1, 0.15) is 18.2 Å². The summed E-state index contributed by atoms with van der Waals surface area (Å²) < 4.78 is 18.2. The fraction of sp³-hybridized carbons (Fsp3) is 0.143. The van der Waals surface area contributed by atoms with Crippen LogP contribution >= 0.6 is 11.3 Å². The SMILES string of the molecule is NCC#Cc1csc(COc2ccc(F)cc2)c1. The summed E-state index contributed by atoms with van der Waals surface area (Å²) >= 11 is 1.58. The lowest BCUT2D eigenvalue weighted by Crippen LogP contribution is -1.93. The van der Waals surface area contributed by atoms with E-state index in [1.54, 1.807) is 23.5 Å². The largest absolute Gasteiger partial charge is 0.488 e. The number of nitrogens with two attached hydrogens (primary N) is 1. The molecule has 0 spiro atoms. The average Bonchev–Trinajstić information content (AvgIpc) is 2.84. The average molecular weight is 261 g/mol. The van der Waals surface area contributed by atoms with Crippen LogP contribution < -0.4 is 10.5 Å². The van der Waals surface area contributed by atoms with E-state index >= 15 is 0 Å². The summed E-state index contributed by atoms with van der Waals surface area (Å²) in [6.45, 7) is 0.817. The minimum Gasteiger partial charge on any atom is -0.488 e. The van der Waals surface area contributed by atoms with E-state index in [0.717, 1.165) is 10.4 Å².